The van der Waals surface area contributed by atoms with Gasteiger partial charge in [0.25, 0.3) is 0 Å². The van der Waals surface area contributed by atoms with E-state index in [0.717, 1.165) is 34.2 Å². The number of carbonyl (C=O) groups is 1. The molecule has 0 spiro atoms. The Bertz CT molecular complexity index is 1410. The summed E-state index contributed by atoms with van der Waals surface area (Å²) in [5, 5.41) is 0. The molecule has 0 saturated heterocycles. The van der Waals surface area contributed by atoms with Gasteiger partial charge in [-0.05, 0) is 117 Å². The van der Waals surface area contributed by atoms with Crippen LogP contribution in [-0.4, -0.2) is 5.78 Å². The van der Waals surface area contributed by atoms with Gasteiger partial charge in [-0.15, -0.1) is 0 Å². The van der Waals surface area contributed by atoms with Gasteiger partial charge in [-0.25, -0.2) is 0 Å². The van der Waals surface area contributed by atoms with E-state index in [0.29, 0.717) is 0 Å². The molecule has 0 unspecified atom stereocenters. The normalized spacial score (nSPS) is 19.4. The van der Waals surface area contributed by atoms with E-state index in [-0.39, 0.29) is 34.9 Å². The number of benzene rings is 3. The van der Waals surface area contributed by atoms with Crippen molar-refractivity contribution >= 4 is 11.4 Å². The van der Waals surface area contributed by atoms with Gasteiger partial charge in [0.15, 0.2) is 5.78 Å². The second-order valence-corrected chi connectivity index (χ2v) is 15.3. The van der Waals surface area contributed by atoms with Crippen LogP contribution in [0.2, 0.25) is 0 Å². The highest BCUT2D eigenvalue weighted by molar-refractivity contribution is 6.10. The fraction of sp³-hybridized carbons (Fsp3) is 0.475. The van der Waals surface area contributed by atoms with Gasteiger partial charge < -0.3 is 0 Å². The van der Waals surface area contributed by atoms with Gasteiger partial charge in [0.2, 0.25) is 0 Å². The molecular weight excluding hydrogens is 496 g/mol. The van der Waals surface area contributed by atoms with Crippen LogP contribution in [0.3, 0.4) is 0 Å². The summed E-state index contributed by atoms with van der Waals surface area (Å²) in [7, 11) is 0. The molecule has 1 heteroatoms. The van der Waals surface area contributed by atoms with E-state index in [9.17, 15) is 4.79 Å². The van der Waals surface area contributed by atoms with Crippen molar-refractivity contribution in [1.29, 1.82) is 0 Å². The first-order valence-corrected chi connectivity index (χ1v) is 15.1. The van der Waals surface area contributed by atoms with E-state index < -0.39 is 0 Å². The zero-order valence-corrected chi connectivity index (χ0v) is 26.6. The van der Waals surface area contributed by atoms with E-state index in [1.165, 1.54) is 52.6 Å². The van der Waals surface area contributed by atoms with Gasteiger partial charge in [-0.1, -0.05) is 112 Å². The summed E-state index contributed by atoms with van der Waals surface area (Å²) in [5.74, 6) is 0.102. The molecule has 3 aromatic rings. The fourth-order valence-electron chi connectivity index (χ4n) is 7.15. The maximum absolute atomic E-state index is 13.8. The van der Waals surface area contributed by atoms with Gasteiger partial charge in [0, 0.05) is 11.1 Å². The van der Waals surface area contributed by atoms with E-state index in [2.05, 4.69) is 112 Å². The molecule has 2 aliphatic rings. The van der Waals surface area contributed by atoms with Crippen molar-refractivity contribution in [2.45, 2.75) is 124 Å². The Hall–Kier alpha value is -2.93. The summed E-state index contributed by atoms with van der Waals surface area (Å²) in [6.45, 7) is 27.6. The second kappa shape index (κ2) is 10.1. The lowest BCUT2D eigenvalue weighted by Gasteiger charge is -2.42. The van der Waals surface area contributed by atoms with Crippen molar-refractivity contribution in [3.63, 3.8) is 0 Å². The van der Waals surface area contributed by atoms with Gasteiger partial charge in [0.05, 0.1) is 0 Å². The first kappa shape index (κ1) is 31.0. The second-order valence-electron chi connectivity index (χ2n) is 15.3. The van der Waals surface area contributed by atoms with E-state index in [4.69, 9.17) is 0 Å². The minimum atomic E-state index is 0. The molecule has 0 aromatic heterocycles. The monoisotopic (exact) mass is 548 g/mol. The topological polar surface area (TPSA) is 17.1 Å². The highest BCUT2D eigenvalue weighted by Crippen LogP contribution is 2.48. The molecule has 0 saturated carbocycles. The maximum atomic E-state index is 13.8. The number of fused-ring (bicyclic) bond motifs is 2. The van der Waals surface area contributed by atoms with E-state index >= 15 is 0 Å². The van der Waals surface area contributed by atoms with Crippen LogP contribution in [-0.2, 0) is 21.7 Å². The average molecular weight is 549 g/mol. The molecule has 218 valence electrons. The third-order valence-corrected chi connectivity index (χ3v) is 10.5. The Morgan fingerprint density at radius 1 is 0.561 bits per heavy atom. The molecule has 0 bridgehead atoms. The molecule has 0 radical (unpaired) electrons. The molecular formula is C40H52O. The van der Waals surface area contributed by atoms with Crippen LogP contribution in [0.25, 0.3) is 5.57 Å². The van der Waals surface area contributed by atoms with Crippen LogP contribution in [0.5, 0.6) is 0 Å². The molecule has 1 nitrogen and oxygen atoms in total. The number of ketones is 1. The summed E-state index contributed by atoms with van der Waals surface area (Å²) in [5.41, 5.74) is 13.4. The number of rotatable bonds is 4. The van der Waals surface area contributed by atoms with Crippen molar-refractivity contribution in [3.05, 3.63) is 111 Å². The first-order valence-electron chi connectivity index (χ1n) is 15.1. The number of carbonyl (C=O) groups excluding carboxylic acids is 1. The zero-order valence-electron chi connectivity index (χ0n) is 26.6. The Morgan fingerprint density at radius 3 is 1.29 bits per heavy atom. The molecule has 0 N–H and O–H groups in total. The van der Waals surface area contributed by atoms with Gasteiger partial charge in [-0.3, -0.25) is 4.79 Å². The third-order valence-electron chi connectivity index (χ3n) is 10.5. The summed E-state index contributed by atoms with van der Waals surface area (Å²) in [6, 6.07) is 17.4. The summed E-state index contributed by atoms with van der Waals surface area (Å²) < 4.78 is 0. The highest BCUT2D eigenvalue weighted by atomic mass is 16.1. The molecule has 0 atom stereocenters. The predicted octanol–water partition coefficient (Wildman–Crippen LogP) is 10.9. The lowest BCUT2D eigenvalue weighted by molar-refractivity contribution is 0.103. The van der Waals surface area contributed by atoms with Crippen LogP contribution >= 0.6 is 0 Å². The Kier molecular flexibility index (Phi) is 7.65. The molecule has 3 aromatic carbocycles. The Labute approximate surface area is 250 Å². The first-order chi connectivity index (χ1) is 18.4. The van der Waals surface area contributed by atoms with Crippen molar-refractivity contribution in [2.24, 2.45) is 0 Å². The van der Waals surface area contributed by atoms with Crippen LogP contribution in [0.1, 0.15) is 149 Å². The van der Waals surface area contributed by atoms with Crippen LogP contribution in [0.15, 0.2) is 55.1 Å². The number of hydrogen-bond donors (Lipinski definition) is 0. The van der Waals surface area contributed by atoms with Crippen molar-refractivity contribution < 1.29 is 4.79 Å². The quantitative estimate of drug-likeness (QED) is 0.296. The SMILES string of the molecule is C.C=C(c1ccc(C(=O)c2cc3c(cc2C)C(C)(C)CCC3(C)C)cc1)c1cc2c(cc1C)C(C)(C)CCC2(C)C. The smallest absolute Gasteiger partial charge is 0.193 e. The Balaban J connectivity index is 0.00000387. The molecule has 2 aliphatic carbocycles. The van der Waals surface area contributed by atoms with Crippen molar-refractivity contribution in [1.82, 2.24) is 0 Å². The summed E-state index contributed by atoms with van der Waals surface area (Å²) in [6.07, 6.45) is 4.71. The Morgan fingerprint density at radius 2 is 0.878 bits per heavy atom. The standard InChI is InChI=1S/C39H48O.CH4/c1-24-20-31-33(38(8,9)18-16-36(31,4)5)22-29(24)26(3)27-12-14-28(15-13-27)35(40)30-23-34-32(21-25(30)2)37(6,7)17-19-39(34,10)11;/h12-15,20-23H,3,16-19H2,1-2,4-11H3;1H4. The predicted molar refractivity (Wildman–Crippen MR) is 178 cm³/mol. The molecule has 5 rings (SSSR count). The summed E-state index contributed by atoms with van der Waals surface area (Å²) >= 11 is 0. The molecule has 0 aliphatic heterocycles. The largest absolute Gasteiger partial charge is 0.289 e. The molecule has 0 heterocycles. The maximum Gasteiger partial charge on any atom is 0.193 e. The minimum absolute atomic E-state index is 0. The van der Waals surface area contributed by atoms with Gasteiger partial charge in [0.1, 0.15) is 0 Å². The lowest BCUT2D eigenvalue weighted by atomic mass is 9.62. The van der Waals surface area contributed by atoms with Gasteiger partial charge in [-0.2, -0.15) is 0 Å². The fourth-order valence-corrected chi connectivity index (χ4v) is 7.15. The number of aryl methyl sites for hydroxylation is 2. The highest BCUT2D eigenvalue weighted by Gasteiger charge is 2.39. The summed E-state index contributed by atoms with van der Waals surface area (Å²) in [4.78, 5) is 13.8. The van der Waals surface area contributed by atoms with Crippen LogP contribution in [0, 0.1) is 13.8 Å². The molecule has 0 amide bonds. The van der Waals surface area contributed by atoms with Crippen molar-refractivity contribution in [3.8, 4) is 0 Å². The van der Waals surface area contributed by atoms with Crippen molar-refractivity contribution in [2.75, 3.05) is 0 Å². The zero-order chi connectivity index (χ0) is 29.4. The molecule has 41 heavy (non-hydrogen) atoms. The van der Waals surface area contributed by atoms with Crippen LogP contribution in [0.4, 0.5) is 0 Å². The minimum Gasteiger partial charge on any atom is -0.289 e. The number of hydrogen-bond acceptors (Lipinski definition) is 1. The molecule has 0 fully saturated rings. The van der Waals surface area contributed by atoms with E-state index in [1.54, 1.807) is 0 Å². The lowest BCUT2D eigenvalue weighted by Crippen LogP contribution is -2.34. The van der Waals surface area contributed by atoms with E-state index in [1.807, 2.05) is 12.1 Å². The average Bonchev–Trinajstić information content (AvgIpc) is 2.88. The van der Waals surface area contributed by atoms with Gasteiger partial charge >= 0.3 is 0 Å². The third kappa shape index (κ3) is 5.26. The van der Waals surface area contributed by atoms with Crippen LogP contribution < -0.4 is 0 Å².